The van der Waals surface area contributed by atoms with Crippen LogP contribution in [-0.4, -0.2) is 26.0 Å². The van der Waals surface area contributed by atoms with Gasteiger partial charge in [0.25, 0.3) is 0 Å². The average Bonchev–Trinajstić information content (AvgIpc) is 2.76. The van der Waals surface area contributed by atoms with Crippen molar-refractivity contribution in [3.8, 4) is 5.75 Å². The molecule has 7 heteroatoms. The molecule has 0 saturated carbocycles. The van der Waals surface area contributed by atoms with Gasteiger partial charge < -0.3 is 14.2 Å². The van der Waals surface area contributed by atoms with E-state index >= 15 is 0 Å². The van der Waals surface area contributed by atoms with Gasteiger partial charge >= 0.3 is 16.1 Å². The number of hydrogen-bond donors (Lipinski definition) is 1. The summed E-state index contributed by atoms with van der Waals surface area (Å²) in [6.45, 7) is 5.95. The van der Waals surface area contributed by atoms with E-state index in [4.69, 9.17) is 8.92 Å². The van der Waals surface area contributed by atoms with Crippen molar-refractivity contribution in [2.75, 3.05) is 0 Å². The van der Waals surface area contributed by atoms with Crippen molar-refractivity contribution >= 4 is 16.1 Å². The third-order valence-electron chi connectivity index (χ3n) is 4.66. The fourth-order valence-corrected chi connectivity index (χ4v) is 4.11. The summed E-state index contributed by atoms with van der Waals surface area (Å²) < 4.78 is 36.0. The minimum atomic E-state index is -3.95. The maximum absolute atomic E-state index is 12.9. The fourth-order valence-electron chi connectivity index (χ4n) is 3.17. The van der Waals surface area contributed by atoms with E-state index in [1.807, 2.05) is 57.2 Å². The number of hydrogen-bond acceptors (Lipinski definition) is 6. The molecule has 0 aliphatic rings. The zero-order valence-electron chi connectivity index (χ0n) is 19.0. The topological polar surface area (TPSA) is 81.7 Å². The van der Waals surface area contributed by atoms with E-state index in [9.17, 15) is 13.2 Å². The molecule has 0 aromatic heterocycles. The van der Waals surface area contributed by atoms with Gasteiger partial charge in [-0.1, -0.05) is 60.7 Å². The summed E-state index contributed by atoms with van der Waals surface area (Å²) in [6.07, 6.45) is 0.310. The van der Waals surface area contributed by atoms with Crippen LogP contribution >= 0.6 is 0 Å². The van der Waals surface area contributed by atoms with Crippen LogP contribution in [0.25, 0.3) is 0 Å². The molecule has 1 atom stereocenters. The molecule has 174 valence electrons. The predicted molar refractivity (Wildman–Crippen MR) is 127 cm³/mol. The van der Waals surface area contributed by atoms with Gasteiger partial charge in [-0.3, -0.25) is 4.79 Å². The highest BCUT2D eigenvalue weighted by atomic mass is 32.2. The lowest BCUT2D eigenvalue weighted by Crippen LogP contribution is -2.42. The molecular weight excluding hydrogens is 438 g/mol. The second-order valence-corrected chi connectivity index (χ2v) is 10.2. The van der Waals surface area contributed by atoms with E-state index in [0.717, 1.165) is 11.1 Å². The van der Waals surface area contributed by atoms with Crippen LogP contribution in [0.3, 0.4) is 0 Å². The monoisotopic (exact) mass is 467 g/mol. The van der Waals surface area contributed by atoms with Crippen molar-refractivity contribution in [3.05, 3.63) is 96.1 Å². The van der Waals surface area contributed by atoms with E-state index in [2.05, 4.69) is 5.32 Å². The summed E-state index contributed by atoms with van der Waals surface area (Å²) in [5.74, 6) is -0.191. The zero-order chi connectivity index (χ0) is 23.9. The third-order valence-corrected chi connectivity index (χ3v) is 5.92. The molecule has 0 fully saturated rings. The molecule has 0 aliphatic heterocycles. The van der Waals surface area contributed by atoms with Gasteiger partial charge in [-0.15, -0.1) is 0 Å². The van der Waals surface area contributed by atoms with Crippen molar-refractivity contribution in [1.29, 1.82) is 0 Å². The Balaban J connectivity index is 1.76. The van der Waals surface area contributed by atoms with Crippen LogP contribution in [0.4, 0.5) is 0 Å². The van der Waals surface area contributed by atoms with Gasteiger partial charge in [-0.25, -0.2) is 0 Å². The molecule has 3 aromatic rings. The summed E-state index contributed by atoms with van der Waals surface area (Å²) in [5.41, 5.74) is 1.16. The summed E-state index contributed by atoms with van der Waals surface area (Å²) in [6, 6.07) is 23.8. The van der Waals surface area contributed by atoms with Crippen molar-refractivity contribution < 1.29 is 22.1 Å². The lowest BCUT2D eigenvalue weighted by molar-refractivity contribution is -0.157. The Kier molecular flexibility index (Phi) is 7.89. The van der Waals surface area contributed by atoms with Gasteiger partial charge in [-0.2, -0.15) is 8.42 Å². The van der Waals surface area contributed by atoms with Gasteiger partial charge in [0.05, 0.1) is 0 Å². The van der Waals surface area contributed by atoms with Gasteiger partial charge in [0.2, 0.25) is 0 Å². The van der Waals surface area contributed by atoms with Crippen LogP contribution in [0, 0.1) is 0 Å². The van der Waals surface area contributed by atoms with Crippen LogP contribution in [0.1, 0.15) is 31.9 Å². The number of esters is 1. The maximum Gasteiger partial charge on any atom is 0.339 e. The Morgan fingerprint density at radius 1 is 0.879 bits per heavy atom. The van der Waals surface area contributed by atoms with E-state index in [1.54, 1.807) is 36.4 Å². The normalized spacial score (nSPS) is 12.7. The molecule has 0 unspecified atom stereocenters. The van der Waals surface area contributed by atoms with Crippen molar-refractivity contribution in [1.82, 2.24) is 5.32 Å². The molecule has 33 heavy (non-hydrogen) atoms. The maximum atomic E-state index is 12.9. The SMILES string of the molecule is CC(C)(C)OC(=O)[C@H](Cc1cccc(OS(=O)(=O)c2ccccc2)c1)NCc1ccccc1. The molecule has 0 aliphatic carbocycles. The first-order chi connectivity index (χ1) is 15.6. The Labute approximate surface area is 195 Å². The Bertz CT molecular complexity index is 1160. The lowest BCUT2D eigenvalue weighted by atomic mass is 10.0. The lowest BCUT2D eigenvalue weighted by Gasteiger charge is -2.25. The number of rotatable bonds is 9. The van der Waals surface area contributed by atoms with Crippen molar-refractivity contribution in [3.63, 3.8) is 0 Å². The van der Waals surface area contributed by atoms with Crippen molar-refractivity contribution in [2.45, 2.75) is 50.3 Å². The van der Waals surface area contributed by atoms with Gasteiger partial charge in [0.1, 0.15) is 22.3 Å². The van der Waals surface area contributed by atoms with E-state index in [0.29, 0.717) is 13.0 Å². The molecule has 0 amide bonds. The van der Waals surface area contributed by atoms with E-state index < -0.39 is 21.8 Å². The third kappa shape index (κ3) is 7.73. The molecule has 3 rings (SSSR count). The molecule has 0 bridgehead atoms. The number of benzene rings is 3. The van der Waals surface area contributed by atoms with Crippen LogP contribution in [0.2, 0.25) is 0 Å². The van der Waals surface area contributed by atoms with Crippen LogP contribution in [0.5, 0.6) is 5.75 Å². The molecule has 0 saturated heterocycles. The van der Waals surface area contributed by atoms with Crippen LogP contribution in [0.15, 0.2) is 89.8 Å². The largest absolute Gasteiger partial charge is 0.459 e. The average molecular weight is 468 g/mol. The Hall–Kier alpha value is -3.16. The number of ether oxygens (including phenoxy) is 1. The fraction of sp³-hybridized carbons (Fsp3) is 0.269. The van der Waals surface area contributed by atoms with E-state index in [-0.39, 0.29) is 16.6 Å². The summed E-state index contributed by atoms with van der Waals surface area (Å²) in [7, 11) is -3.95. The molecule has 3 aromatic carbocycles. The smallest absolute Gasteiger partial charge is 0.339 e. The molecule has 0 radical (unpaired) electrons. The number of carbonyl (C=O) groups excluding carboxylic acids is 1. The highest BCUT2D eigenvalue weighted by Gasteiger charge is 2.25. The first-order valence-corrected chi connectivity index (χ1v) is 12.1. The summed E-state index contributed by atoms with van der Waals surface area (Å²) >= 11 is 0. The zero-order valence-corrected chi connectivity index (χ0v) is 19.8. The van der Waals surface area contributed by atoms with Crippen LogP contribution < -0.4 is 9.50 Å². The molecule has 6 nitrogen and oxygen atoms in total. The Morgan fingerprint density at radius 3 is 2.12 bits per heavy atom. The molecular formula is C26H29NO5S. The quantitative estimate of drug-likeness (QED) is 0.369. The number of nitrogens with one attached hydrogen (secondary N) is 1. The predicted octanol–water partition coefficient (Wildman–Crippen LogP) is 4.50. The van der Waals surface area contributed by atoms with Crippen molar-refractivity contribution in [2.24, 2.45) is 0 Å². The first kappa shape index (κ1) is 24.5. The standard InChI is InChI=1S/C26H29NO5S/c1-26(2,3)31-25(28)24(27-19-20-11-6-4-7-12-20)18-21-13-10-14-22(17-21)32-33(29,30)23-15-8-5-9-16-23/h4-17,24,27H,18-19H2,1-3H3/t24-/m0/s1. The highest BCUT2D eigenvalue weighted by Crippen LogP contribution is 2.21. The summed E-state index contributed by atoms with van der Waals surface area (Å²) in [5, 5.41) is 3.27. The molecule has 0 spiro atoms. The van der Waals surface area contributed by atoms with Gasteiger partial charge in [-0.05, 0) is 62.6 Å². The summed E-state index contributed by atoms with van der Waals surface area (Å²) in [4.78, 5) is 12.9. The minimum Gasteiger partial charge on any atom is -0.459 e. The van der Waals surface area contributed by atoms with Gasteiger partial charge in [0, 0.05) is 6.54 Å². The second kappa shape index (κ2) is 10.6. The minimum absolute atomic E-state index is 0.0755. The van der Waals surface area contributed by atoms with E-state index in [1.165, 1.54) is 12.1 Å². The molecule has 1 N–H and O–H groups in total. The van der Waals surface area contributed by atoms with Crippen LogP contribution in [-0.2, 0) is 32.6 Å². The first-order valence-electron chi connectivity index (χ1n) is 10.7. The Morgan fingerprint density at radius 2 is 1.48 bits per heavy atom. The second-order valence-electron chi connectivity index (χ2n) is 8.65. The highest BCUT2D eigenvalue weighted by molar-refractivity contribution is 7.87. The molecule has 0 heterocycles. The van der Waals surface area contributed by atoms with Gasteiger partial charge in [0.15, 0.2) is 0 Å². The number of carbonyl (C=O) groups is 1.